The van der Waals surface area contributed by atoms with E-state index >= 15 is 0 Å². The van der Waals surface area contributed by atoms with Gasteiger partial charge in [0.25, 0.3) is 0 Å². The Balaban J connectivity index is 3.80. The van der Waals surface area contributed by atoms with Crippen LogP contribution in [-0.2, 0) is 0 Å². The Morgan fingerprint density at radius 3 is 2.40 bits per heavy atom. The van der Waals surface area contributed by atoms with Crippen LogP contribution in [-0.4, -0.2) is 49.3 Å². The quantitative estimate of drug-likeness (QED) is 0.610. The smallest absolute Gasteiger partial charge is 0.0446 e. The maximum absolute atomic E-state index is 8.97. The van der Waals surface area contributed by atoms with E-state index in [2.05, 4.69) is 38.0 Å². The van der Waals surface area contributed by atoms with Crippen LogP contribution in [0, 0.1) is 5.92 Å². The van der Waals surface area contributed by atoms with Gasteiger partial charge in [-0.25, -0.2) is 0 Å². The van der Waals surface area contributed by atoms with Crippen LogP contribution in [0.4, 0.5) is 0 Å². The first kappa shape index (κ1) is 14.9. The molecule has 0 fully saturated rings. The standard InChI is InChI=1S/C12H28N2O/c1-5-7-13-12(6-8-15)10-14(4)9-11(2)3/h11-13,15H,5-10H2,1-4H3. The molecule has 92 valence electrons. The molecule has 0 aliphatic rings. The Bertz CT molecular complexity index is 140. The van der Waals surface area contributed by atoms with Gasteiger partial charge in [0.1, 0.15) is 0 Å². The summed E-state index contributed by atoms with van der Waals surface area (Å²) in [4.78, 5) is 2.34. The average molecular weight is 216 g/mol. The highest BCUT2D eigenvalue weighted by atomic mass is 16.3. The zero-order valence-corrected chi connectivity index (χ0v) is 10.8. The van der Waals surface area contributed by atoms with Crippen LogP contribution in [0.3, 0.4) is 0 Å². The number of likely N-dealkylation sites (N-methyl/N-ethyl adjacent to an activating group) is 1. The molecule has 0 rings (SSSR count). The number of nitrogens with one attached hydrogen (secondary N) is 1. The van der Waals surface area contributed by atoms with E-state index in [0.29, 0.717) is 12.0 Å². The van der Waals surface area contributed by atoms with E-state index in [1.807, 2.05) is 0 Å². The molecule has 0 amide bonds. The summed E-state index contributed by atoms with van der Waals surface area (Å²) in [7, 11) is 2.15. The molecule has 0 aromatic rings. The van der Waals surface area contributed by atoms with E-state index in [-0.39, 0.29) is 6.61 Å². The molecular formula is C12H28N2O. The third kappa shape index (κ3) is 8.85. The normalized spacial score (nSPS) is 13.8. The van der Waals surface area contributed by atoms with Crippen LogP contribution in [0.1, 0.15) is 33.6 Å². The van der Waals surface area contributed by atoms with Crippen LogP contribution < -0.4 is 5.32 Å². The zero-order valence-electron chi connectivity index (χ0n) is 10.8. The molecule has 0 aromatic carbocycles. The lowest BCUT2D eigenvalue weighted by Crippen LogP contribution is -2.41. The Kier molecular flexibility index (Phi) is 9.06. The van der Waals surface area contributed by atoms with Gasteiger partial charge in [-0.2, -0.15) is 0 Å². The lowest BCUT2D eigenvalue weighted by atomic mass is 10.1. The van der Waals surface area contributed by atoms with Gasteiger partial charge in [0.15, 0.2) is 0 Å². The third-order valence-electron chi connectivity index (χ3n) is 2.37. The van der Waals surface area contributed by atoms with Gasteiger partial charge in [0, 0.05) is 25.7 Å². The fraction of sp³-hybridized carbons (Fsp3) is 1.00. The second kappa shape index (κ2) is 9.13. The van der Waals surface area contributed by atoms with Crippen molar-refractivity contribution in [1.82, 2.24) is 10.2 Å². The lowest BCUT2D eigenvalue weighted by molar-refractivity contribution is 0.219. The molecule has 3 heteroatoms. The summed E-state index contributed by atoms with van der Waals surface area (Å²) >= 11 is 0. The van der Waals surface area contributed by atoms with E-state index in [9.17, 15) is 0 Å². The molecule has 0 saturated carbocycles. The predicted octanol–water partition coefficient (Wildman–Crippen LogP) is 1.32. The van der Waals surface area contributed by atoms with E-state index in [0.717, 1.165) is 32.5 Å². The van der Waals surface area contributed by atoms with Crippen LogP contribution in [0.5, 0.6) is 0 Å². The summed E-state index contributed by atoms with van der Waals surface area (Å²) in [5.74, 6) is 0.705. The van der Waals surface area contributed by atoms with E-state index in [1.165, 1.54) is 0 Å². The van der Waals surface area contributed by atoms with Gasteiger partial charge < -0.3 is 15.3 Å². The molecule has 2 N–H and O–H groups in total. The van der Waals surface area contributed by atoms with Crippen molar-refractivity contribution < 1.29 is 5.11 Å². The molecule has 0 aromatic heterocycles. The highest BCUT2D eigenvalue weighted by Gasteiger charge is 2.10. The first-order valence-corrected chi connectivity index (χ1v) is 6.12. The molecule has 0 aliphatic carbocycles. The SMILES string of the molecule is CCCNC(CCO)CN(C)CC(C)C. The van der Waals surface area contributed by atoms with Gasteiger partial charge in [-0.1, -0.05) is 20.8 Å². The molecule has 0 spiro atoms. The van der Waals surface area contributed by atoms with Gasteiger partial charge >= 0.3 is 0 Å². The Hall–Kier alpha value is -0.120. The highest BCUT2D eigenvalue weighted by Crippen LogP contribution is 2.00. The number of rotatable bonds is 9. The molecule has 1 unspecified atom stereocenters. The molecule has 1 atom stereocenters. The summed E-state index contributed by atoms with van der Waals surface area (Å²) in [5.41, 5.74) is 0. The van der Waals surface area contributed by atoms with Crippen molar-refractivity contribution in [2.24, 2.45) is 5.92 Å². The van der Waals surface area contributed by atoms with E-state index in [1.54, 1.807) is 0 Å². The molecular weight excluding hydrogens is 188 g/mol. The van der Waals surface area contributed by atoms with Gasteiger partial charge in [-0.05, 0) is 32.4 Å². The van der Waals surface area contributed by atoms with Crippen LogP contribution >= 0.6 is 0 Å². The lowest BCUT2D eigenvalue weighted by Gasteiger charge is -2.25. The molecule has 0 bridgehead atoms. The zero-order chi connectivity index (χ0) is 11.7. The molecule has 0 heterocycles. The van der Waals surface area contributed by atoms with E-state index in [4.69, 9.17) is 5.11 Å². The first-order valence-electron chi connectivity index (χ1n) is 6.12. The number of nitrogens with zero attached hydrogens (tertiary/aromatic N) is 1. The summed E-state index contributed by atoms with van der Waals surface area (Å²) in [5, 5.41) is 12.4. The van der Waals surface area contributed by atoms with Crippen molar-refractivity contribution in [2.75, 3.05) is 33.3 Å². The van der Waals surface area contributed by atoms with Crippen LogP contribution in [0.2, 0.25) is 0 Å². The second-order valence-electron chi connectivity index (χ2n) is 4.78. The highest BCUT2D eigenvalue weighted by molar-refractivity contribution is 4.70. The fourth-order valence-corrected chi connectivity index (χ4v) is 1.84. The van der Waals surface area contributed by atoms with Gasteiger partial charge in [0.05, 0.1) is 0 Å². The maximum atomic E-state index is 8.97. The summed E-state index contributed by atoms with van der Waals surface area (Å²) < 4.78 is 0. The van der Waals surface area contributed by atoms with E-state index < -0.39 is 0 Å². The largest absolute Gasteiger partial charge is 0.396 e. The van der Waals surface area contributed by atoms with Gasteiger partial charge in [-0.15, -0.1) is 0 Å². The minimum absolute atomic E-state index is 0.275. The predicted molar refractivity (Wildman–Crippen MR) is 66.1 cm³/mol. The topological polar surface area (TPSA) is 35.5 Å². The summed E-state index contributed by atoms with van der Waals surface area (Å²) in [6.07, 6.45) is 2.00. The minimum atomic E-state index is 0.275. The monoisotopic (exact) mass is 216 g/mol. The van der Waals surface area contributed by atoms with Gasteiger partial charge in [0.2, 0.25) is 0 Å². The number of hydrogen-bond acceptors (Lipinski definition) is 3. The Morgan fingerprint density at radius 1 is 1.27 bits per heavy atom. The molecule has 15 heavy (non-hydrogen) atoms. The van der Waals surface area contributed by atoms with Crippen LogP contribution in [0.25, 0.3) is 0 Å². The summed E-state index contributed by atoms with van der Waals surface area (Å²) in [6, 6.07) is 0.429. The molecule has 0 aliphatic heterocycles. The van der Waals surface area contributed by atoms with Crippen molar-refractivity contribution in [1.29, 1.82) is 0 Å². The summed E-state index contributed by atoms with van der Waals surface area (Å²) in [6.45, 7) is 10.1. The third-order valence-corrected chi connectivity index (χ3v) is 2.37. The Morgan fingerprint density at radius 2 is 1.93 bits per heavy atom. The second-order valence-corrected chi connectivity index (χ2v) is 4.78. The number of aliphatic hydroxyl groups is 1. The Labute approximate surface area is 94.9 Å². The fourth-order valence-electron chi connectivity index (χ4n) is 1.84. The van der Waals surface area contributed by atoms with Crippen molar-refractivity contribution in [3.63, 3.8) is 0 Å². The minimum Gasteiger partial charge on any atom is -0.396 e. The first-order chi connectivity index (χ1) is 7.10. The van der Waals surface area contributed by atoms with Crippen molar-refractivity contribution in [2.45, 2.75) is 39.7 Å². The van der Waals surface area contributed by atoms with Crippen molar-refractivity contribution in [3.05, 3.63) is 0 Å². The maximum Gasteiger partial charge on any atom is 0.0446 e. The molecule has 0 saturated heterocycles. The van der Waals surface area contributed by atoms with Crippen molar-refractivity contribution in [3.8, 4) is 0 Å². The average Bonchev–Trinajstić information content (AvgIpc) is 2.13. The van der Waals surface area contributed by atoms with Crippen molar-refractivity contribution >= 4 is 0 Å². The van der Waals surface area contributed by atoms with Crippen LogP contribution in [0.15, 0.2) is 0 Å². The molecule has 3 nitrogen and oxygen atoms in total. The van der Waals surface area contributed by atoms with Gasteiger partial charge in [-0.3, -0.25) is 0 Å². The number of hydrogen-bond donors (Lipinski definition) is 2. The molecule has 0 radical (unpaired) electrons. The number of aliphatic hydroxyl groups excluding tert-OH is 1.